The highest BCUT2D eigenvalue weighted by atomic mass is 16.2. The van der Waals surface area contributed by atoms with Gasteiger partial charge < -0.3 is 16.0 Å². The van der Waals surface area contributed by atoms with E-state index in [1.54, 1.807) is 11.8 Å². The van der Waals surface area contributed by atoms with E-state index in [1.807, 2.05) is 6.07 Å². The van der Waals surface area contributed by atoms with Crippen LogP contribution < -0.4 is 11.1 Å². The molecule has 0 aromatic heterocycles. The Kier molecular flexibility index (Phi) is 8.82. The first kappa shape index (κ1) is 24.0. The van der Waals surface area contributed by atoms with Crippen molar-refractivity contribution in [3.8, 4) is 0 Å². The predicted molar refractivity (Wildman–Crippen MR) is 128 cm³/mol. The number of carbonyl (C=O) groups is 2. The number of nitrogens with zero attached hydrogens (tertiary/aromatic N) is 2. The van der Waals surface area contributed by atoms with Crippen molar-refractivity contribution in [3.05, 3.63) is 71.3 Å². The van der Waals surface area contributed by atoms with Crippen molar-refractivity contribution < 1.29 is 9.59 Å². The average Bonchev–Trinajstić information content (AvgIpc) is 2.81. The topological polar surface area (TPSA) is 78.7 Å². The van der Waals surface area contributed by atoms with Gasteiger partial charge in [0.05, 0.1) is 0 Å². The molecule has 0 aliphatic carbocycles. The van der Waals surface area contributed by atoms with Crippen LogP contribution in [0.4, 0.5) is 0 Å². The summed E-state index contributed by atoms with van der Waals surface area (Å²) in [5.74, 6) is -0.153. The van der Waals surface area contributed by atoms with Crippen LogP contribution in [0.1, 0.15) is 36.5 Å². The van der Waals surface area contributed by atoms with E-state index in [4.69, 9.17) is 5.73 Å². The monoisotopic (exact) mass is 436 g/mol. The van der Waals surface area contributed by atoms with Gasteiger partial charge in [-0.05, 0) is 37.3 Å². The molecule has 1 unspecified atom stereocenters. The third kappa shape index (κ3) is 6.65. The second-order valence-electron chi connectivity index (χ2n) is 8.68. The van der Waals surface area contributed by atoms with Gasteiger partial charge in [0.25, 0.3) is 0 Å². The van der Waals surface area contributed by atoms with Gasteiger partial charge in [-0.25, -0.2) is 0 Å². The van der Waals surface area contributed by atoms with Crippen LogP contribution in [0.25, 0.3) is 0 Å². The number of hydrogen-bond acceptors (Lipinski definition) is 4. The molecule has 2 aromatic rings. The van der Waals surface area contributed by atoms with E-state index in [0.29, 0.717) is 26.1 Å². The molecule has 2 amide bonds. The van der Waals surface area contributed by atoms with Gasteiger partial charge in [-0.2, -0.15) is 0 Å². The Hall–Kier alpha value is -2.70. The molecule has 172 valence electrons. The molecular weight excluding hydrogens is 400 g/mol. The third-order valence-electron chi connectivity index (χ3n) is 6.28. The molecule has 0 radical (unpaired) electrons. The highest BCUT2D eigenvalue weighted by Gasteiger charge is 2.36. The first-order valence-corrected chi connectivity index (χ1v) is 11.6. The Morgan fingerprint density at radius 2 is 1.81 bits per heavy atom. The maximum absolute atomic E-state index is 12.8. The molecule has 1 aliphatic rings. The van der Waals surface area contributed by atoms with Crippen LogP contribution in [0.2, 0.25) is 0 Å². The maximum atomic E-state index is 12.8. The van der Waals surface area contributed by atoms with Gasteiger partial charge in [0, 0.05) is 45.7 Å². The van der Waals surface area contributed by atoms with Crippen molar-refractivity contribution in [3.63, 3.8) is 0 Å². The van der Waals surface area contributed by atoms with Crippen molar-refractivity contribution in [2.24, 2.45) is 5.73 Å². The summed E-state index contributed by atoms with van der Waals surface area (Å²) in [5, 5.41) is 2.88. The Morgan fingerprint density at radius 1 is 1.09 bits per heavy atom. The van der Waals surface area contributed by atoms with Gasteiger partial charge in [-0.3, -0.25) is 14.5 Å². The minimum atomic E-state index is -0.449. The molecule has 0 spiro atoms. The first-order valence-electron chi connectivity index (χ1n) is 11.6. The normalized spacial score (nSPS) is 18.6. The number of rotatable bonds is 9. The Bertz CT molecular complexity index is 869. The maximum Gasteiger partial charge on any atom is 0.242 e. The van der Waals surface area contributed by atoms with E-state index in [-0.39, 0.29) is 17.9 Å². The number of hydrogen-bond donors (Lipinski definition) is 2. The summed E-state index contributed by atoms with van der Waals surface area (Å²) in [6.45, 7) is 6.78. The van der Waals surface area contributed by atoms with Gasteiger partial charge in [0.1, 0.15) is 6.04 Å². The quantitative estimate of drug-likeness (QED) is 0.633. The molecule has 3 rings (SSSR count). The largest absolute Gasteiger partial charge is 0.353 e. The van der Waals surface area contributed by atoms with Crippen molar-refractivity contribution in [2.75, 3.05) is 26.2 Å². The molecule has 1 saturated heterocycles. The Balaban J connectivity index is 1.77. The number of nitrogens with two attached hydrogens (primary N) is 1. The molecular formula is C26H36N4O2. The zero-order valence-corrected chi connectivity index (χ0v) is 19.3. The van der Waals surface area contributed by atoms with E-state index in [2.05, 4.69) is 65.7 Å². The van der Waals surface area contributed by atoms with Crippen molar-refractivity contribution in [1.29, 1.82) is 0 Å². The van der Waals surface area contributed by atoms with Crippen LogP contribution in [-0.4, -0.2) is 59.9 Å². The molecule has 0 bridgehead atoms. The van der Waals surface area contributed by atoms with Crippen LogP contribution in [-0.2, 0) is 22.6 Å². The van der Waals surface area contributed by atoms with Gasteiger partial charge in [0.15, 0.2) is 0 Å². The SMILES string of the molecule is CC(=O)N1CCC(N(CCc2ccccc2)Cc2ccc(C)cc2)C[C@@H]1C(=O)NCCN. The zero-order valence-electron chi connectivity index (χ0n) is 19.3. The summed E-state index contributed by atoms with van der Waals surface area (Å²) in [4.78, 5) is 29.2. The Morgan fingerprint density at radius 3 is 2.47 bits per heavy atom. The molecule has 1 fully saturated rings. The van der Waals surface area contributed by atoms with Crippen LogP contribution in [0.3, 0.4) is 0 Å². The van der Waals surface area contributed by atoms with Crippen LogP contribution in [0.15, 0.2) is 54.6 Å². The van der Waals surface area contributed by atoms with E-state index < -0.39 is 6.04 Å². The predicted octanol–water partition coefficient (Wildman–Crippen LogP) is 2.49. The molecule has 2 atom stereocenters. The second-order valence-corrected chi connectivity index (χ2v) is 8.68. The number of nitrogens with one attached hydrogen (secondary N) is 1. The summed E-state index contributed by atoms with van der Waals surface area (Å²) >= 11 is 0. The molecule has 1 heterocycles. The van der Waals surface area contributed by atoms with E-state index in [9.17, 15) is 9.59 Å². The van der Waals surface area contributed by atoms with Crippen molar-refractivity contribution >= 4 is 11.8 Å². The fourth-order valence-electron chi connectivity index (χ4n) is 4.45. The lowest BCUT2D eigenvalue weighted by Crippen LogP contribution is -2.57. The second kappa shape index (κ2) is 11.8. The lowest BCUT2D eigenvalue weighted by Gasteiger charge is -2.42. The first-order chi connectivity index (χ1) is 15.5. The smallest absolute Gasteiger partial charge is 0.242 e. The van der Waals surface area contributed by atoms with Crippen molar-refractivity contribution in [1.82, 2.24) is 15.1 Å². The molecule has 2 aromatic carbocycles. The lowest BCUT2D eigenvalue weighted by atomic mass is 9.94. The highest BCUT2D eigenvalue weighted by Crippen LogP contribution is 2.25. The number of benzene rings is 2. The highest BCUT2D eigenvalue weighted by molar-refractivity contribution is 5.87. The molecule has 0 saturated carbocycles. The fourth-order valence-corrected chi connectivity index (χ4v) is 4.45. The summed E-state index contributed by atoms with van der Waals surface area (Å²) in [5.41, 5.74) is 9.38. The molecule has 32 heavy (non-hydrogen) atoms. The molecule has 1 aliphatic heterocycles. The number of amides is 2. The van der Waals surface area contributed by atoms with Crippen LogP contribution >= 0.6 is 0 Å². The summed E-state index contributed by atoms with van der Waals surface area (Å²) in [7, 11) is 0. The van der Waals surface area contributed by atoms with E-state index in [0.717, 1.165) is 25.9 Å². The van der Waals surface area contributed by atoms with Gasteiger partial charge in [-0.1, -0.05) is 60.2 Å². The van der Waals surface area contributed by atoms with Gasteiger partial charge in [0.2, 0.25) is 11.8 Å². The number of likely N-dealkylation sites (tertiary alicyclic amines) is 1. The molecule has 3 N–H and O–H groups in total. The molecule has 6 heteroatoms. The average molecular weight is 437 g/mol. The number of aryl methyl sites for hydroxylation is 1. The third-order valence-corrected chi connectivity index (χ3v) is 6.28. The lowest BCUT2D eigenvalue weighted by molar-refractivity contribution is -0.142. The number of carbonyl (C=O) groups excluding carboxylic acids is 2. The minimum Gasteiger partial charge on any atom is -0.353 e. The number of piperidine rings is 1. The standard InChI is InChI=1S/C26H36N4O2/c1-20-8-10-23(11-9-20)19-29(16-12-22-6-4-3-5-7-22)24-13-17-30(21(2)31)25(18-24)26(32)28-15-14-27/h3-11,24-25H,12-19,27H2,1-2H3,(H,28,32)/t24?,25-/m1/s1. The van der Waals surface area contributed by atoms with E-state index >= 15 is 0 Å². The van der Waals surface area contributed by atoms with Crippen LogP contribution in [0, 0.1) is 6.92 Å². The van der Waals surface area contributed by atoms with Gasteiger partial charge >= 0.3 is 0 Å². The van der Waals surface area contributed by atoms with E-state index in [1.165, 1.54) is 16.7 Å². The Labute approximate surface area is 191 Å². The van der Waals surface area contributed by atoms with Crippen molar-refractivity contribution in [2.45, 2.75) is 51.7 Å². The molecule has 6 nitrogen and oxygen atoms in total. The van der Waals surface area contributed by atoms with Gasteiger partial charge in [-0.15, -0.1) is 0 Å². The fraction of sp³-hybridized carbons (Fsp3) is 0.462. The summed E-state index contributed by atoms with van der Waals surface area (Å²) in [6, 6.07) is 18.9. The summed E-state index contributed by atoms with van der Waals surface area (Å²) < 4.78 is 0. The summed E-state index contributed by atoms with van der Waals surface area (Å²) in [6.07, 6.45) is 2.45. The van der Waals surface area contributed by atoms with Crippen LogP contribution in [0.5, 0.6) is 0 Å². The zero-order chi connectivity index (χ0) is 22.9. The minimum absolute atomic E-state index is 0.0503.